The summed E-state index contributed by atoms with van der Waals surface area (Å²) in [5.41, 5.74) is 2.26. The predicted molar refractivity (Wildman–Crippen MR) is 148 cm³/mol. The molecule has 194 valence electrons. The second-order valence-corrected chi connectivity index (χ2v) is 9.84. The Kier molecular flexibility index (Phi) is 7.49. The molecule has 1 aliphatic rings. The maximum absolute atomic E-state index is 13.1. The highest BCUT2D eigenvalue weighted by molar-refractivity contribution is 5.87. The molecule has 4 aromatic rings. The Hall–Kier alpha value is -4.07. The van der Waals surface area contributed by atoms with Gasteiger partial charge in [0.25, 0.3) is 0 Å². The van der Waals surface area contributed by atoms with Gasteiger partial charge in [-0.15, -0.1) is 0 Å². The minimum atomic E-state index is -0.650. The molecule has 0 bridgehead atoms. The van der Waals surface area contributed by atoms with Crippen molar-refractivity contribution in [3.63, 3.8) is 0 Å². The van der Waals surface area contributed by atoms with Gasteiger partial charge < -0.3 is 10.4 Å². The average molecular weight is 509 g/mol. The van der Waals surface area contributed by atoms with E-state index in [0.29, 0.717) is 19.5 Å². The summed E-state index contributed by atoms with van der Waals surface area (Å²) in [5.74, 6) is -0.0966. The van der Waals surface area contributed by atoms with Crippen LogP contribution in [0.4, 0.5) is 5.82 Å². The molecule has 1 unspecified atom stereocenters. The van der Waals surface area contributed by atoms with E-state index in [1.165, 1.54) is 6.92 Å². The molecule has 1 saturated heterocycles. The highest BCUT2D eigenvalue weighted by Gasteiger charge is 2.45. The number of rotatable bonds is 7. The third-order valence-corrected chi connectivity index (χ3v) is 7.35. The molecule has 2 N–H and O–H groups in total. The molecular formula is C31H32N4O3. The SMILES string of the molecule is CC(=O)Nc1ccn([C@@H]2CC(CO)CN(C(c3ccccc3)(c3ccccc3)c3ccccc3)C2)c(=O)n1. The van der Waals surface area contributed by atoms with Crippen molar-refractivity contribution in [1.29, 1.82) is 0 Å². The Morgan fingerprint density at radius 3 is 1.87 bits per heavy atom. The van der Waals surface area contributed by atoms with Crippen molar-refractivity contribution in [1.82, 2.24) is 14.5 Å². The van der Waals surface area contributed by atoms with E-state index in [4.69, 9.17) is 0 Å². The fourth-order valence-corrected chi connectivity index (χ4v) is 5.81. The van der Waals surface area contributed by atoms with Crippen LogP contribution in [0, 0.1) is 5.92 Å². The van der Waals surface area contributed by atoms with E-state index in [9.17, 15) is 14.7 Å². The maximum atomic E-state index is 13.1. The average Bonchev–Trinajstić information content (AvgIpc) is 2.95. The van der Waals surface area contributed by atoms with E-state index < -0.39 is 11.2 Å². The first-order valence-corrected chi connectivity index (χ1v) is 12.9. The lowest BCUT2D eigenvalue weighted by Crippen LogP contribution is -2.55. The second kappa shape index (κ2) is 11.1. The smallest absolute Gasteiger partial charge is 0.349 e. The second-order valence-electron chi connectivity index (χ2n) is 9.84. The zero-order valence-electron chi connectivity index (χ0n) is 21.4. The third-order valence-electron chi connectivity index (χ3n) is 7.35. The first-order valence-electron chi connectivity index (χ1n) is 12.9. The van der Waals surface area contributed by atoms with E-state index in [1.54, 1.807) is 16.8 Å². The highest BCUT2D eigenvalue weighted by atomic mass is 16.3. The Labute approximate surface area is 222 Å². The standard InChI is InChI=1S/C31H32N4O3/c1-23(37)32-29-17-18-35(30(38)33-29)28-19-24(22-36)20-34(21-28)31(25-11-5-2-6-12-25,26-13-7-3-8-14-26)27-15-9-4-10-16-27/h2-18,24,28,36H,19-22H2,1H3,(H,32,33,37,38)/t24?,28-/m1/s1. The number of aliphatic hydroxyl groups excluding tert-OH is 1. The molecule has 0 saturated carbocycles. The van der Waals surface area contributed by atoms with Crippen molar-refractivity contribution in [2.45, 2.75) is 24.9 Å². The van der Waals surface area contributed by atoms with Gasteiger partial charge >= 0.3 is 5.69 Å². The Morgan fingerprint density at radius 1 is 0.895 bits per heavy atom. The topological polar surface area (TPSA) is 87.5 Å². The van der Waals surface area contributed by atoms with Gasteiger partial charge in [0.1, 0.15) is 5.82 Å². The number of amides is 1. The van der Waals surface area contributed by atoms with Gasteiger partial charge in [-0.05, 0) is 35.1 Å². The molecule has 38 heavy (non-hydrogen) atoms. The van der Waals surface area contributed by atoms with Crippen molar-refractivity contribution in [3.8, 4) is 0 Å². The summed E-state index contributed by atoms with van der Waals surface area (Å²) in [4.78, 5) is 31.1. The lowest BCUT2D eigenvalue weighted by atomic mass is 9.73. The molecule has 2 heterocycles. The number of piperidine rings is 1. The summed E-state index contributed by atoms with van der Waals surface area (Å²) in [5, 5.41) is 13.0. The van der Waals surface area contributed by atoms with Gasteiger partial charge in [-0.2, -0.15) is 4.98 Å². The third kappa shape index (κ3) is 4.90. The van der Waals surface area contributed by atoms with Gasteiger partial charge in [0.2, 0.25) is 5.91 Å². The van der Waals surface area contributed by atoms with Gasteiger partial charge in [0, 0.05) is 32.8 Å². The van der Waals surface area contributed by atoms with E-state index in [2.05, 4.69) is 88.0 Å². The minimum absolute atomic E-state index is 0.00754. The van der Waals surface area contributed by atoms with Crippen LogP contribution in [0.25, 0.3) is 0 Å². The number of hydrogen-bond donors (Lipinski definition) is 2. The number of anilines is 1. The number of hydrogen-bond acceptors (Lipinski definition) is 5. The van der Waals surface area contributed by atoms with E-state index in [0.717, 1.165) is 16.7 Å². The van der Waals surface area contributed by atoms with E-state index in [-0.39, 0.29) is 30.3 Å². The van der Waals surface area contributed by atoms with Crippen LogP contribution in [0.1, 0.15) is 36.1 Å². The van der Waals surface area contributed by atoms with Crippen LogP contribution in [0.3, 0.4) is 0 Å². The molecule has 1 amide bonds. The number of likely N-dealkylation sites (tertiary alicyclic amines) is 1. The monoisotopic (exact) mass is 508 g/mol. The van der Waals surface area contributed by atoms with Gasteiger partial charge in [-0.25, -0.2) is 4.79 Å². The fraction of sp³-hybridized carbons (Fsp3) is 0.258. The Morgan fingerprint density at radius 2 is 1.42 bits per heavy atom. The van der Waals surface area contributed by atoms with Crippen molar-refractivity contribution in [3.05, 3.63) is 130 Å². The van der Waals surface area contributed by atoms with Crippen LogP contribution in [0.2, 0.25) is 0 Å². The van der Waals surface area contributed by atoms with E-state index >= 15 is 0 Å². The molecule has 0 spiro atoms. The molecule has 7 nitrogen and oxygen atoms in total. The molecule has 0 aliphatic carbocycles. The van der Waals surface area contributed by atoms with Crippen LogP contribution in [0.5, 0.6) is 0 Å². The molecule has 5 rings (SSSR count). The first-order chi connectivity index (χ1) is 18.5. The van der Waals surface area contributed by atoms with E-state index in [1.807, 2.05) is 18.2 Å². The zero-order chi connectivity index (χ0) is 26.5. The summed E-state index contributed by atoms with van der Waals surface area (Å²) >= 11 is 0. The molecule has 0 radical (unpaired) electrons. The summed E-state index contributed by atoms with van der Waals surface area (Å²) in [6, 6.07) is 32.7. The lowest BCUT2D eigenvalue weighted by molar-refractivity contribution is -0.114. The van der Waals surface area contributed by atoms with Crippen molar-refractivity contribution < 1.29 is 9.90 Å². The van der Waals surface area contributed by atoms with Gasteiger partial charge in [0.05, 0.1) is 11.6 Å². The number of nitrogens with one attached hydrogen (secondary N) is 1. The van der Waals surface area contributed by atoms with Crippen LogP contribution < -0.4 is 11.0 Å². The van der Waals surface area contributed by atoms with Crippen LogP contribution in [-0.2, 0) is 10.3 Å². The summed E-state index contributed by atoms with van der Waals surface area (Å²) in [6.45, 7) is 2.61. The molecule has 1 aliphatic heterocycles. The number of carbonyl (C=O) groups is 1. The molecule has 7 heteroatoms. The largest absolute Gasteiger partial charge is 0.396 e. The van der Waals surface area contributed by atoms with Gasteiger partial charge in [-0.1, -0.05) is 91.0 Å². The minimum Gasteiger partial charge on any atom is -0.396 e. The van der Waals surface area contributed by atoms with Crippen LogP contribution in [-0.4, -0.2) is 45.2 Å². The molecule has 1 aromatic heterocycles. The molecular weight excluding hydrogens is 476 g/mol. The quantitative estimate of drug-likeness (QED) is 0.368. The van der Waals surface area contributed by atoms with Gasteiger partial charge in [0.15, 0.2) is 0 Å². The number of aliphatic hydroxyl groups is 1. The number of nitrogens with zero attached hydrogens (tertiary/aromatic N) is 3. The normalized spacial score (nSPS) is 18.2. The van der Waals surface area contributed by atoms with Crippen LogP contribution in [0.15, 0.2) is 108 Å². The van der Waals surface area contributed by atoms with Crippen molar-refractivity contribution >= 4 is 11.7 Å². The summed E-state index contributed by atoms with van der Waals surface area (Å²) < 4.78 is 1.63. The predicted octanol–water partition coefficient (Wildman–Crippen LogP) is 4.05. The summed E-state index contributed by atoms with van der Waals surface area (Å²) in [6.07, 6.45) is 2.33. The maximum Gasteiger partial charge on any atom is 0.349 e. The Balaban J connectivity index is 1.67. The zero-order valence-corrected chi connectivity index (χ0v) is 21.4. The molecule has 3 aromatic carbocycles. The van der Waals surface area contributed by atoms with Crippen molar-refractivity contribution in [2.24, 2.45) is 5.92 Å². The lowest BCUT2D eigenvalue weighted by Gasteiger charge is -2.50. The first kappa shape index (κ1) is 25.6. The Bertz CT molecular complexity index is 1330. The molecule has 1 fully saturated rings. The van der Waals surface area contributed by atoms with Gasteiger partial charge in [-0.3, -0.25) is 14.3 Å². The fourth-order valence-electron chi connectivity index (χ4n) is 5.81. The van der Waals surface area contributed by atoms with Crippen molar-refractivity contribution in [2.75, 3.05) is 25.0 Å². The summed E-state index contributed by atoms with van der Waals surface area (Å²) in [7, 11) is 0. The number of carbonyl (C=O) groups excluding carboxylic acids is 1. The highest BCUT2D eigenvalue weighted by Crippen LogP contribution is 2.45. The number of aromatic nitrogens is 2. The number of benzene rings is 3. The van der Waals surface area contributed by atoms with Crippen LogP contribution >= 0.6 is 0 Å². The molecule has 2 atom stereocenters.